The number of hydrogen-bond donors (Lipinski definition) is 0. The third kappa shape index (κ3) is 1.95. The molecule has 1 fully saturated rings. The normalized spacial score (nSPS) is 35.7. The van der Waals surface area contributed by atoms with Crippen LogP contribution < -0.4 is 0 Å². The lowest BCUT2D eigenvalue weighted by Gasteiger charge is -2.43. The van der Waals surface area contributed by atoms with Crippen molar-refractivity contribution < 1.29 is 0 Å². The van der Waals surface area contributed by atoms with Crippen LogP contribution in [0.1, 0.15) is 46.0 Å². The molecule has 0 aromatic heterocycles. The van der Waals surface area contributed by atoms with E-state index in [-0.39, 0.29) is 0 Å². The highest BCUT2D eigenvalue weighted by atomic mass is 14.4. The maximum Gasteiger partial charge on any atom is -0.0104 e. The lowest BCUT2D eigenvalue weighted by molar-refractivity contribution is 0.230. The molecule has 0 bridgehead atoms. The van der Waals surface area contributed by atoms with E-state index in [1.807, 2.05) is 0 Å². The summed E-state index contributed by atoms with van der Waals surface area (Å²) in [7, 11) is 0. The molecule has 2 aliphatic rings. The molecular weight excluding hydrogens is 180 g/mol. The van der Waals surface area contributed by atoms with Gasteiger partial charge in [0.15, 0.2) is 0 Å². The van der Waals surface area contributed by atoms with E-state index >= 15 is 0 Å². The Morgan fingerprint density at radius 1 is 1.47 bits per heavy atom. The van der Waals surface area contributed by atoms with E-state index in [0.717, 1.165) is 5.92 Å². The van der Waals surface area contributed by atoms with Crippen molar-refractivity contribution in [2.24, 2.45) is 11.3 Å². The molecule has 1 saturated carbocycles. The van der Waals surface area contributed by atoms with Crippen LogP contribution in [0.2, 0.25) is 0 Å². The number of fused-ring (bicyclic) bond motifs is 1. The second kappa shape index (κ2) is 3.66. The molecule has 0 heteroatoms. The van der Waals surface area contributed by atoms with Gasteiger partial charge in [0.2, 0.25) is 0 Å². The van der Waals surface area contributed by atoms with Crippen LogP contribution in [-0.4, -0.2) is 0 Å². The monoisotopic (exact) mass is 202 g/mol. The minimum Gasteiger partial charge on any atom is -0.0999 e. The smallest absolute Gasteiger partial charge is 0.0104 e. The molecule has 0 saturated heterocycles. The Labute approximate surface area is 93.8 Å². The van der Waals surface area contributed by atoms with Gasteiger partial charge in [-0.05, 0) is 50.4 Å². The van der Waals surface area contributed by atoms with Gasteiger partial charge in [0.05, 0.1) is 0 Å². The Morgan fingerprint density at radius 2 is 2.20 bits per heavy atom. The Balaban J connectivity index is 2.22. The van der Waals surface area contributed by atoms with Crippen molar-refractivity contribution in [3.05, 3.63) is 36.0 Å². The first-order chi connectivity index (χ1) is 7.01. The van der Waals surface area contributed by atoms with E-state index in [4.69, 9.17) is 0 Å². The van der Waals surface area contributed by atoms with Crippen molar-refractivity contribution in [3.8, 4) is 0 Å². The molecule has 0 spiro atoms. The first-order valence-electron chi connectivity index (χ1n) is 6.05. The maximum atomic E-state index is 4.13. The summed E-state index contributed by atoms with van der Waals surface area (Å²) in [6.45, 7) is 12.8. The first-order valence-corrected chi connectivity index (χ1v) is 6.05. The topological polar surface area (TPSA) is 0 Å². The van der Waals surface area contributed by atoms with E-state index in [9.17, 15) is 0 Å². The van der Waals surface area contributed by atoms with E-state index in [0.29, 0.717) is 5.41 Å². The second-order valence-electron chi connectivity index (χ2n) is 5.67. The van der Waals surface area contributed by atoms with Gasteiger partial charge in [-0.1, -0.05) is 42.9 Å². The van der Waals surface area contributed by atoms with Gasteiger partial charge in [0, 0.05) is 0 Å². The fourth-order valence-electron chi connectivity index (χ4n) is 3.09. The van der Waals surface area contributed by atoms with Gasteiger partial charge in [-0.3, -0.25) is 0 Å². The fraction of sp³-hybridized carbons (Fsp3) is 0.600. The summed E-state index contributed by atoms with van der Waals surface area (Å²) >= 11 is 0. The molecule has 0 N–H and O–H groups in total. The summed E-state index contributed by atoms with van der Waals surface area (Å²) in [5.74, 6) is 0.749. The average Bonchev–Trinajstić information content (AvgIpc) is 2.18. The molecule has 0 aromatic rings. The van der Waals surface area contributed by atoms with Gasteiger partial charge in [-0.15, -0.1) is 0 Å². The molecular formula is C15H22. The largest absolute Gasteiger partial charge is 0.0999 e. The molecule has 0 aliphatic heterocycles. The van der Waals surface area contributed by atoms with Gasteiger partial charge in [0.25, 0.3) is 0 Å². The second-order valence-corrected chi connectivity index (χ2v) is 5.67. The molecule has 0 nitrogen and oxygen atoms in total. The van der Waals surface area contributed by atoms with E-state index < -0.39 is 0 Å². The van der Waals surface area contributed by atoms with Crippen LogP contribution in [0.25, 0.3) is 0 Å². The SMILES string of the molecule is C=C1C=C2CC[C@@H](C(=C)C)C[C@@]2(C)CC1. The maximum absolute atomic E-state index is 4.13. The predicted molar refractivity (Wildman–Crippen MR) is 66.7 cm³/mol. The zero-order valence-electron chi connectivity index (χ0n) is 10.1. The predicted octanol–water partition coefficient (Wildman–Crippen LogP) is 4.65. The lowest BCUT2D eigenvalue weighted by atomic mass is 9.61. The summed E-state index contributed by atoms with van der Waals surface area (Å²) in [5.41, 5.74) is 4.80. The highest BCUT2D eigenvalue weighted by Crippen LogP contribution is 2.50. The van der Waals surface area contributed by atoms with Crippen LogP contribution in [0.4, 0.5) is 0 Å². The standard InChI is InChI=1S/C15H22/c1-11(2)13-5-6-14-9-12(3)7-8-15(14,4)10-13/h9,13H,1,3,5-8,10H2,2,4H3/t13-,15-/m1/s1. The van der Waals surface area contributed by atoms with Gasteiger partial charge in [-0.25, -0.2) is 0 Å². The Bertz CT molecular complexity index is 332. The van der Waals surface area contributed by atoms with E-state index in [1.54, 1.807) is 5.57 Å². The molecule has 0 aromatic carbocycles. The Hall–Kier alpha value is -0.780. The van der Waals surface area contributed by atoms with E-state index in [1.165, 1.54) is 43.3 Å². The van der Waals surface area contributed by atoms with E-state index in [2.05, 4.69) is 33.1 Å². The zero-order chi connectivity index (χ0) is 11.1. The highest BCUT2D eigenvalue weighted by Gasteiger charge is 2.37. The summed E-state index contributed by atoms with van der Waals surface area (Å²) < 4.78 is 0. The minimum atomic E-state index is 0.447. The van der Waals surface area contributed by atoms with Gasteiger partial charge in [0.1, 0.15) is 0 Å². The van der Waals surface area contributed by atoms with Crippen LogP contribution >= 0.6 is 0 Å². The van der Waals surface area contributed by atoms with Crippen LogP contribution in [0.5, 0.6) is 0 Å². The fourth-order valence-corrected chi connectivity index (χ4v) is 3.09. The van der Waals surface area contributed by atoms with Crippen LogP contribution in [0, 0.1) is 11.3 Å². The van der Waals surface area contributed by atoms with Crippen LogP contribution in [0.3, 0.4) is 0 Å². The summed E-state index contributed by atoms with van der Waals surface area (Å²) in [5, 5.41) is 0. The Morgan fingerprint density at radius 3 is 2.87 bits per heavy atom. The molecule has 0 amide bonds. The number of rotatable bonds is 1. The van der Waals surface area contributed by atoms with Gasteiger partial charge >= 0.3 is 0 Å². The van der Waals surface area contributed by atoms with Gasteiger partial charge < -0.3 is 0 Å². The van der Waals surface area contributed by atoms with Crippen molar-refractivity contribution in [1.29, 1.82) is 0 Å². The first kappa shape index (κ1) is 10.7. The summed E-state index contributed by atoms with van der Waals surface area (Å²) in [6.07, 6.45) is 8.70. The van der Waals surface area contributed by atoms with Crippen LogP contribution in [0.15, 0.2) is 36.0 Å². The molecule has 0 unspecified atom stereocenters. The van der Waals surface area contributed by atoms with Crippen molar-refractivity contribution in [3.63, 3.8) is 0 Å². The molecule has 2 atom stereocenters. The number of hydrogen-bond acceptors (Lipinski definition) is 0. The molecule has 82 valence electrons. The lowest BCUT2D eigenvalue weighted by Crippen LogP contribution is -2.30. The Kier molecular flexibility index (Phi) is 2.62. The third-order valence-corrected chi connectivity index (χ3v) is 4.31. The quantitative estimate of drug-likeness (QED) is 0.543. The molecule has 2 rings (SSSR count). The van der Waals surface area contributed by atoms with Gasteiger partial charge in [-0.2, -0.15) is 0 Å². The van der Waals surface area contributed by atoms with Crippen molar-refractivity contribution in [1.82, 2.24) is 0 Å². The summed E-state index contributed by atoms with van der Waals surface area (Å²) in [4.78, 5) is 0. The zero-order valence-corrected chi connectivity index (χ0v) is 10.1. The van der Waals surface area contributed by atoms with Crippen molar-refractivity contribution in [2.45, 2.75) is 46.0 Å². The van der Waals surface area contributed by atoms with Crippen LogP contribution in [-0.2, 0) is 0 Å². The third-order valence-electron chi connectivity index (χ3n) is 4.31. The highest BCUT2D eigenvalue weighted by molar-refractivity contribution is 5.32. The van der Waals surface area contributed by atoms with Crippen molar-refractivity contribution in [2.75, 3.05) is 0 Å². The molecule has 15 heavy (non-hydrogen) atoms. The van der Waals surface area contributed by atoms with Crippen molar-refractivity contribution >= 4 is 0 Å². The number of allylic oxidation sites excluding steroid dienone is 4. The average molecular weight is 202 g/mol. The molecule has 2 aliphatic carbocycles. The minimum absolute atomic E-state index is 0.447. The molecule has 0 heterocycles. The summed E-state index contributed by atoms with van der Waals surface area (Å²) in [6, 6.07) is 0. The molecule has 0 radical (unpaired) electrons.